The molecule has 2 aromatic carbocycles. The number of fused-ring (bicyclic) bond motifs is 5. The molecule has 3 fully saturated rings. The van der Waals surface area contributed by atoms with Crippen LogP contribution in [0, 0.1) is 11.7 Å². The Labute approximate surface area is 244 Å². The first-order chi connectivity index (χ1) is 20.4. The zero-order chi connectivity index (χ0) is 29.0. The van der Waals surface area contributed by atoms with Gasteiger partial charge < -0.3 is 24.2 Å². The van der Waals surface area contributed by atoms with E-state index in [1.54, 1.807) is 24.1 Å². The third kappa shape index (κ3) is 4.73. The molecule has 0 bridgehead atoms. The van der Waals surface area contributed by atoms with Gasteiger partial charge >= 0.3 is 0 Å². The lowest BCUT2D eigenvalue weighted by Crippen LogP contribution is -2.58. The van der Waals surface area contributed by atoms with Gasteiger partial charge in [0.2, 0.25) is 11.8 Å². The number of imide groups is 1. The molecular formula is C31H36FN5O5. The van der Waals surface area contributed by atoms with Crippen LogP contribution in [0.4, 0.5) is 15.8 Å². The maximum Gasteiger partial charge on any atom is 0.255 e. The van der Waals surface area contributed by atoms with Gasteiger partial charge in [-0.25, -0.2) is 4.39 Å². The molecule has 0 spiro atoms. The molecular weight excluding hydrogens is 541 g/mol. The van der Waals surface area contributed by atoms with Crippen LogP contribution in [0.3, 0.4) is 0 Å². The number of nitrogens with zero attached hydrogens (tertiary/aromatic N) is 4. The molecule has 5 aliphatic rings. The van der Waals surface area contributed by atoms with Gasteiger partial charge in [0.05, 0.1) is 31.1 Å². The number of carbonyl (C=O) groups excluding carboxylic acids is 3. The largest absolute Gasteiger partial charge is 0.495 e. The Kier molecular flexibility index (Phi) is 6.92. The first-order valence-electron chi connectivity index (χ1n) is 14.9. The Hall–Kier alpha value is -3.86. The Morgan fingerprint density at radius 1 is 1.00 bits per heavy atom. The zero-order valence-corrected chi connectivity index (χ0v) is 23.8. The van der Waals surface area contributed by atoms with E-state index in [9.17, 15) is 18.8 Å². The highest BCUT2D eigenvalue weighted by Gasteiger charge is 2.43. The highest BCUT2D eigenvalue weighted by Crippen LogP contribution is 2.44. The molecule has 0 aliphatic carbocycles. The van der Waals surface area contributed by atoms with Crippen molar-refractivity contribution in [3.05, 3.63) is 47.3 Å². The molecule has 10 nitrogen and oxygen atoms in total. The first-order valence-corrected chi connectivity index (χ1v) is 14.9. The predicted octanol–water partition coefficient (Wildman–Crippen LogP) is 2.39. The van der Waals surface area contributed by atoms with E-state index in [4.69, 9.17) is 9.47 Å². The van der Waals surface area contributed by atoms with E-state index in [1.165, 1.54) is 6.07 Å². The van der Waals surface area contributed by atoms with Crippen LogP contribution in [0.25, 0.3) is 0 Å². The molecule has 2 unspecified atom stereocenters. The summed E-state index contributed by atoms with van der Waals surface area (Å²) in [5.74, 6) is 0.920. The summed E-state index contributed by atoms with van der Waals surface area (Å²) in [6.45, 7) is 6.39. The number of piperidine rings is 2. The molecule has 2 atom stereocenters. The molecule has 11 heteroatoms. The number of benzene rings is 2. The third-order valence-corrected chi connectivity index (χ3v) is 9.55. The molecule has 5 heterocycles. The number of halogens is 1. The third-order valence-electron chi connectivity index (χ3n) is 9.55. The van der Waals surface area contributed by atoms with Crippen molar-refractivity contribution in [1.29, 1.82) is 0 Å². The molecule has 42 heavy (non-hydrogen) atoms. The fourth-order valence-corrected chi connectivity index (χ4v) is 7.34. The predicted molar refractivity (Wildman–Crippen MR) is 153 cm³/mol. The smallest absolute Gasteiger partial charge is 0.255 e. The highest BCUT2D eigenvalue weighted by molar-refractivity contribution is 6.06. The quantitative estimate of drug-likeness (QED) is 0.542. The van der Waals surface area contributed by atoms with Crippen molar-refractivity contribution < 1.29 is 28.2 Å². The van der Waals surface area contributed by atoms with E-state index in [-0.39, 0.29) is 30.1 Å². The van der Waals surface area contributed by atoms with Crippen molar-refractivity contribution in [2.75, 3.05) is 62.8 Å². The summed E-state index contributed by atoms with van der Waals surface area (Å²) in [4.78, 5) is 46.1. The lowest BCUT2D eigenvalue weighted by Gasteiger charge is -2.47. The van der Waals surface area contributed by atoms with Crippen molar-refractivity contribution in [3.8, 4) is 11.5 Å². The maximum atomic E-state index is 13.9. The van der Waals surface area contributed by atoms with Gasteiger partial charge in [-0.3, -0.25) is 24.6 Å². The molecule has 7 rings (SSSR count). The van der Waals surface area contributed by atoms with E-state index in [1.807, 2.05) is 12.1 Å². The monoisotopic (exact) mass is 577 g/mol. The van der Waals surface area contributed by atoms with Gasteiger partial charge in [-0.1, -0.05) is 0 Å². The Morgan fingerprint density at radius 3 is 2.62 bits per heavy atom. The first kappa shape index (κ1) is 27.0. The molecule has 2 aromatic rings. The van der Waals surface area contributed by atoms with E-state index in [0.29, 0.717) is 36.8 Å². The van der Waals surface area contributed by atoms with Crippen LogP contribution in [-0.4, -0.2) is 92.6 Å². The highest BCUT2D eigenvalue weighted by atomic mass is 19.1. The van der Waals surface area contributed by atoms with E-state index >= 15 is 0 Å². The van der Waals surface area contributed by atoms with Crippen molar-refractivity contribution in [2.45, 2.75) is 44.3 Å². The molecule has 0 radical (unpaired) electrons. The number of carbonyl (C=O) groups is 3. The molecule has 3 saturated heterocycles. The van der Waals surface area contributed by atoms with Gasteiger partial charge in [0, 0.05) is 62.9 Å². The van der Waals surface area contributed by atoms with Crippen molar-refractivity contribution in [2.24, 2.45) is 5.92 Å². The number of piperazine rings is 1. The molecule has 1 N–H and O–H groups in total. The molecule has 0 aromatic heterocycles. The average Bonchev–Trinajstić information content (AvgIpc) is 3.33. The second-order valence-corrected chi connectivity index (χ2v) is 12.0. The molecule has 5 aliphatic heterocycles. The SMILES string of the molecule is COc1ccc(F)cc1N1CCC(CN2CCN3c4ccc5c(c4OCC3C2)CN(C2CCC(=O)NC2=O)C5=O)CC1. The summed E-state index contributed by atoms with van der Waals surface area (Å²) in [7, 11) is 1.62. The van der Waals surface area contributed by atoms with Gasteiger partial charge in [-0.05, 0) is 49.4 Å². The second-order valence-electron chi connectivity index (χ2n) is 12.0. The number of hydrogen-bond acceptors (Lipinski definition) is 8. The maximum absolute atomic E-state index is 13.9. The molecule has 0 saturated carbocycles. The number of ether oxygens (including phenoxy) is 2. The van der Waals surface area contributed by atoms with E-state index in [2.05, 4.69) is 20.0 Å². The molecule has 3 amide bonds. The number of hydrogen-bond donors (Lipinski definition) is 1. The zero-order valence-electron chi connectivity index (χ0n) is 23.8. The van der Waals surface area contributed by atoms with Crippen LogP contribution in [0.5, 0.6) is 11.5 Å². The minimum absolute atomic E-state index is 0.181. The fraction of sp³-hybridized carbons (Fsp3) is 0.516. The van der Waals surface area contributed by atoms with Crippen molar-refractivity contribution >= 4 is 29.1 Å². The van der Waals surface area contributed by atoms with E-state index < -0.39 is 11.9 Å². The van der Waals surface area contributed by atoms with Gasteiger partial charge in [0.1, 0.15) is 30.0 Å². The summed E-state index contributed by atoms with van der Waals surface area (Å²) in [6.07, 6.45) is 2.68. The standard InChI is InChI=1S/C31H36FN5O5/c1-41-27-6-2-20(32)14-26(27)35-10-8-19(9-11-35)15-34-12-13-36-21(16-34)18-42-29-23-17-37(25-5-7-28(38)33-30(25)39)31(40)22(23)3-4-24(29)36/h2-4,6,14,19,21,25H,5,7-13,15-18H2,1H3,(H,33,38,39). The number of rotatable bonds is 5. The van der Waals surface area contributed by atoms with Crippen LogP contribution in [-0.2, 0) is 16.1 Å². The number of nitrogens with one attached hydrogen (secondary N) is 1. The normalized spacial score (nSPS) is 24.6. The van der Waals surface area contributed by atoms with Gasteiger partial charge in [-0.2, -0.15) is 0 Å². The summed E-state index contributed by atoms with van der Waals surface area (Å²) in [5.41, 5.74) is 3.26. The Balaban J connectivity index is 0.977. The van der Waals surface area contributed by atoms with Gasteiger partial charge in [0.25, 0.3) is 5.91 Å². The summed E-state index contributed by atoms with van der Waals surface area (Å²) in [5, 5.41) is 2.37. The van der Waals surface area contributed by atoms with Crippen molar-refractivity contribution in [1.82, 2.24) is 15.1 Å². The Bertz CT molecular complexity index is 1430. The van der Waals surface area contributed by atoms with Crippen LogP contribution in [0.1, 0.15) is 41.6 Å². The van der Waals surface area contributed by atoms with Crippen LogP contribution < -0.4 is 24.6 Å². The number of amides is 3. The van der Waals surface area contributed by atoms with Gasteiger partial charge in [0.15, 0.2) is 0 Å². The van der Waals surface area contributed by atoms with Crippen molar-refractivity contribution in [3.63, 3.8) is 0 Å². The molecule has 222 valence electrons. The second kappa shape index (κ2) is 10.8. The lowest BCUT2D eigenvalue weighted by molar-refractivity contribution is -0.136. The fourth-order valence-electron chi connectivity index (χ4n) is 7.34. The van der Waals surface area contributed by atoms with Crippen LogP contribution in [0.2, 0.25) is 0 Å². The van der Waals surface area contributed by atoms with Gasteiger partial charge in [-0.15, -0.1) is 0 Å². The summed E-state index contributed by atoms with van der Waals surface area (Å²) < 4.78 is 25.7. The van der Waals surface area contributed by atoms with E-state index in [0.717, 1.165) is 74.8 Å². The van der Waals surface area contributed by atoms with Crippen LogP contribution >= 0.6 is 0 Å². The lowest BCUT2D eigenvalue weighted by atomic mass is 9.94. The minimum Gasteiger partial charge on any atom is -0.495 e. The summed E-state index contributed by atoms with van der Waals surface area (Å²) >= 11 is 0. The summed E-state index contributed by atoms with van der Waals surface area (Å²) in [6, 6.07) is 8.13. The topological polar surface area (TPSA) is 94.7 Å². The average molecular weight is 578 g/mol. The van der Waals surface area contributed by atoms with Crippen LogP contribution in [0.15, 0.2) is 30.3 Å². The number of anilines is 2. The minimum atomic E-state index is -0.638. The number of methoxy groups -OCH3 is 1. The Morgan fingerprint density at radius 2 is 1.83 bits per heavy atom.